The first-order valence-corrected chi connectivity index (χ1v) is 8.22. The number of nitriles is 1. The van der Waals surface area contributed by atoms with Crippen LogP contribution in [-0.4, -0.2) is 38.3 Å². The van der Waals surface area contributed by atoms with E-state index in [1.807, 2.05) is 13.0 Å². The van der Waals surface area contributed by atoms with Gasteiger partial charge in [-0.25, -0.2) is 8.42 Å². The number of hydrogen-bond donors (Lipinski definition) is 1. The summed E-state index contributed by atoms with van der Waals surface area (Å²) in [6, 6.07) is 7.90. The lowest BCUT2D eigenvalue weighted by Crippen LogP contribution is -2.30. The molecule has 0 saturated carbocycles. The highest BCUT2D eigenvalue weighted by molar-refractivity contribution is 7.91. The predicted octanol–water partition coefficient (Wildman–Crippen LogP) is 1.67. The lowest BCUT2D eigenvalue weighted by molar-refractivity contribution is -0.135. The number of carboxylic acid groups (broad SMARTS) is 1. The monoisotopic (exact) mass is 310 g/mol. The fraction of sp³-hybridized carbons (Fsp3) is 0.429. The third-order valence-corrected chi connectivity index (χ3v) is 4.60. The largest absolute Gasteiger partial charge is 0.480 e. The van der Waals surface area contributed by atoms with Gasteiger partial charge < -0.3 is 10.0 Å². The highest BCUT2D eigenvalue weighted by atomic mass is 32.2. The molecule has 7 heteroatoms. The van der Waals surface area contributed by atoms with Crippen LogP contribution in [0.1, 0.15) is 19.8 Å². The zero-order valence-electron chi connectivity index (χ0n) is 11.8. The molecule has 1 aromatic rings. The summed E-state index contributed by atoms with van der Waals surface area (Å²) in [6.45, 7) is 2.39. The van der Waals surface area contributed by atoms with Crippen molar-refractivity contribution in [3.63, 3.8) is 0 Å². The van der Waals surface area contributed by atoms with Gasteiger partial charge in [-0.3, -0.25) is 4.79 Å². The molecule has 0 heterocycles. The van der Waals surface area contributed by atoms with Gasteiger partial charge in [0.25, 0.3) is 0 Å². The maximum atomic E-state index is 11.9. The Balaban J connectivity index is 2.95. The molecule has 0 aliphatic heterocycles. The molecule has 0 aromatic heterocycles. The molecular formula is C14H18N2O4S. The fourth-order valence-corrected chi connectivity index (χ4v) is 3.04. The number of aliphatic carboxylic acids is 1. The molecule has 0 unspecified atom stereocenters. The molecule has 0 bridgehead atoms. The second-order valence-electron chi connectivity index (χ2n) is 4.54. The highest BCUT2D eigenvalue weighted by Gasteiger charge is 2.15. The molecule has 0 radical (unpaired) electrons. The van der Waals surface area contributed by atoms with E-state index in [1.165, 1.54) is 12.1 Å². The van der Waals surface area contributed by atoms with Gasteiger partial charge in [0.15, 0.2) is 9.84 Å². The highest BCUT2D eigenvalue weighted by Crippen LogP contribution is 2.19. The van der Waals surface area contributed by atoms with Gasteiger partial charge in [0.2, 0.25) is 0 Å². The van der Waals surface area contributed by atoms with Gasteiger partial charge in [0.05, 0.1) is 16.7 Å². The molecule has 0 fully saturated rings. The van der Waals surface area contributed by atoms with E-state index in [1.54, 1.807) is 17.0 Å². The Morgan fingerprint density at radius 1 is 1.33 bits per heavy atom. The minimum Gasteiger partial charge on any atom is -0.480 e. The Bertz CT molecular complexity index is 617. The van der Waals surface area contributed by atoms with Crippen LogP contribution in [0.3, 0.4) is 0 Å². The van der Waals surface area contributed by atoms with Crippen LogP contribution in [0.15, 0.2) is 29.2 Å². The van der Waals surface area contributed by atoms with Crippen molar-refractivity contribution in [2.24, 2.45) is 0 Å². The summed E-state index contributed by atoms with van der Waals surface area (Å²) in [5.74, 6) is -1.15. The fourth-order valence-electron chi connectivity index (χ4n) is 1.89. The molecule has 114 valence electrons. The Morgan fingerprint density at radius 3 is 2.43 bits per heavy atom. The molecule has 0 aliphatic rings. The van der Waals surface area contributed by atoms with Crippen molar-refractivity contribution in [2.45, 2.75) is 24.7 Å². The first-order valence-electron chi connectivity index (χ1n) is 6.57. The van der Waals surface area contributed by atoms with Gasteiger partial charge in [0, 0.05) is 18.7 Å². The van der Waals surface area contributed by atoms with E-state index in [4.69, 9.17) is 10.4 Å². The summed E-state index contributed by atoms with van der Waals surface area (Å²) in [5, 5.41) is 17.3. The molecule has 1 rings (SSSR count). The lowest BCUT2D eigenvalue weighted by atomic mass is 10.2. The molecule has 0 aliphatic carbocycles. The number of carbonyl (C=O) groups is 1. The number of carboxylic acids is 1. The van der Waals surface area contributed by atoms with Crippen LogP contribution in [0.2, 0.25) is 0 Å². The maximum Gasteiger partial charge on any atom is 0.323 e. The summed E-state index contributed by atoms with van der Waals surface area (Å²) in [5.41, 5.74) is 0.665. The molecule has 1 aromatic carbocycles. The van der Waals surface area contributed by atoms with Gasteiger partial charge in [-0.1, -0.05) is 6.92 Å². The molecular weight excluding hydrogens is 292 g/mol. The second-order valence-corrected chi connectivity index (χ2v) is 6.65. The third-order valence-electron chi connectivity index (χ3n) is 2.86. The van der Waals surface area contributed by atoms with E-state index in [9.17, 15) is 13.2 Å². The van der Waals surface area contributed by atoms with Crippen molar-refractivity contribution in [3.8, 4) is 6.07 Å². The van der Waals surface area contributed by atoms with Crippen LogP contribution < -0.4 is 4.90 Å². The van der Waals surface area contributed by atoms with Crippen molar-refractivity contribution in [2.75, 3.05) is 23.7 Å². The molecule has 0 spiro atoms. The van der Waals surface area contributed by atoms with E-state index < -0.39 is 15.8 Å². The number of benzene rings is 1. The Morgan fingerprint density at radius 2 is 1.95 bits per heavy atom. The standard InChI is InChI=1S/C14H18N2O4S/c1-2-9-16(11-14(17)18)12-4-6-13(7-5-12)21(19,20)10-3-8-15/h4-7H,2-3,9-11H2,1H3,(H,17,18). The van der Waals surface area contributed by atoms with Crippen LogP contribution in [0.5, 0.6) is 0 Å². The van der Waals surface area contributed by atoms with E-state index in [-0.39, 0.29) is 23.6 Å². The molecule has 0 amide bonds. The summed E-state index contributed by atoms with van der Waals surface area (Å²) in [7, 11) is -3.46. The van der Waals surface area contributed by atoms with E-state index in [2.05, 4.69) is 0 Å². The lowest BCUT2D eigenvalue weighted by Gasteiger charge is -2.22. The zero-order valence-corrected chi connectivity index (χ0v) is 12.6. The van der Waals surface area contributed by atoms with Crippen molar-refractivity contribution < 1.29 is 18.3 Å². The van der Waals surface area contributed by atoms with Crippen molar-refractivity contribution >= 4 is 21.5 Å². The maximum absolute atomic E-state index is 11.9. The van der Waals surface area contributed by atoms with Gasteiger partial charge in [-0.15, -0.1) is 0 Å². The van der Waals surface area contributed by atoms with Crippen molar-refractivity contribution in [3.05, 3.63) is 24.3 Å². The number of sulfone groups is 1. The predicted molar refractivity (Wildman–Crippen MR) is 78.9 cm³/mol. The van der Waals surface area contributed by atoms with Gasteiger partial charge in [0.1, 0.15) is 6.54 Å². The summed E-state index contributed by atoms with van der Waals surface area (Å²) >= 11 is 0. The quantitative estimate of drug-likeness (QED) is 0.784. The van der Waals surface area contributed by atoms with Crippen LogP contribution >= 0.6 is 0 Å². The third kappa shape index (κ3) is 5.08. The minimum atomic E-state index is -3.46. The smallest absolute Gasteiger partial charge is 0.323 e. The minimum absolute atomic E-state index is 0.0505. The van der Waals surface area contributed by atoms with Crippen LogP contribution in [-0.2, 0) is 14.6 Å². The van der Waals surface area contributed by atoms with Crippen LogP contribution in [0.4, 0.5) is 5.69 Å². The van der Waals surface area contributed by atoms with E-state index >= 15 is 0 Å². The van der Waals surface area contributed by atoms with Crippen molar-refractivity contribution in [1.82, 2.24) is 0 Å². The first-order chi connectivity index (χ1) is 9.90. The van der Waals surface area contributed by atoms with E-state index in [0.29, 0.717) is 12.2 Å². The second kappa shape index (κ2) is 7.64. The molecule has 0 saturated heterocycles. The summed E-state index contributed by atoms with van der Waals surface area (Å²) in [4.78, 5) is 12.7. The van der Waals surface area contributed by atoms with Gasteiger partial charge in [-0.05, 0) is 30.7 Å². The van der Waals surface area contributed by atoms with Gasteiger partial charge >= 0.3 is 5.97 Å². The Hall–Kier alpha value is -2.07. The summed E-state index contributed by atoms with van der Waals surface area (Å²) < 4.78 is 23.8. The topological polar surface area (TPSA) is 98.5 Å². The van der Waals surface area contributed by atoms with Crippen LogP contribution in [0, 0.1) is 11.3 Å². The normalized spacial score (nSPS) is 10.9. The number of hydrogen-bond acceptors (Lipinski definition) is 5. The average Bonchev–Trinajstić information content (AvgIpc) is 2.44. The van der Waals surface area contributed by atoms with Gasteiger partial charge in [-0.2, -0.15) is 5.26 Å². The SMILES string of the molecule is CCCN(CC(=O)O)c1ccc(S(=O)(=O)CCC#N)cc1. The Labute approximate surface area is 124 Å². The average molecular weight is 310 g/mol. The zero-order chi connectivity index (χ0) is 15.9. The molecule has 1 N–H and O–H groups in total. The van der Waals surface area contributed by atoms with Crippen molar-refractivity contribution in [1.29, 1.82) is 5.26 Å². The molecule has 21 heavy (non-hydrogen) atoms. The number of rotatable bonds is 8. The van der Waals surface area contributed by atoms with E-state index in [0.717, 1.165) is 6.42 Å². The van der Waals surface area contributed by atoms with Crippen LogP contribution in [0.25, 0.3) is 0 Å². The molecule has 6 nitrogen and oxygen atoms in total. The molecule has 0 atom stereocenters. The number of anilines is 1. The summed E-state index contributed by atoms with van der Waals surface area (Å²) in [6.07, 6.45) is 0.737. The first kappa shape index (κ1) is 17.0. The Kier molecular flexibility index (Phi) is 6.18. The number of nitrogens with zero attached hydrogens (tertiary/aromatic N) is 2.